The quantitative estimate of drug-likeness (QED) is 0.442. The molecule has 0 fully saturated rings. The molecule has 2 aromatic heterocycles. The van der Waals surface area contributed by atoms with E-state index < -0.39 is 22.8 Å². The molecule has 0 aliphatic rings. The molecule has 0 spiro atoms. The molecule has 3 rings (SSSR count). The molecule has 0 atom stereocenters. The van der Waals surface area contributed by atoms with E-state index in [9.17, 15) is 26.3 Å². The van der Waals surface area contributed by atoms with Gasteiger partial charge in [0.05, 0.1) is 11.3 Å². The maximum Gasteiger partial charge on any atom is 0.425 e. The number of benzene rings is 1. The minimum atomic E-state index is -4.46. The summed E-state index contributed by atoms with van der Waals surface area (Å²) in [6.45, 7) is 1.66. The summed E-state index contributed by atoms with van der Waals surface area (Å²) in [7, 11) is 0. The normalized spacial score (nSPS) is 12.3. The van der Waals surface area contributed by atoms with Crippen LogP contribution in [0.3, 0.4) is 0 Å². The standard InChI is InChI=1S/C18H11F6NOS/c1-10-2-7-14(11-3-5-12(6-4-11)17(19,20)21)25-16(10)26-13-8-15(27-9-13)18(22,23)24/h2-9H,1H3. The minimum absolute atomic E-state index is 0.00695. The Morgan fingerprint density at radius 1 is 0.889 bits per heavy atom. The van der Waals surface area contributed by atoms with Gasteiger partial charge in [-0.25, -0.2) is 4.98 Å². The van der Waals surface area contributed by atoms with Crippen molar-refractivity contribution in [3.05, 3.63) is 63.8 Å². The zero-order valence-electron chi connectivity index (χ0n) is 13.7. The largest absolute Gasteiger partial charge is 0.438 e. The lowest BCUT2D eigenvalue weighted by atomic mass is 10.1. The molecule has 2 nitrogen and oxygen atoms in total. The van der Waals surface area contributed by atoms with Gasteiger partial charge in [0.1, 0.15) is 10.6 Å². The highest BCUT2D eigenvalue weighted by Gasteiger charge is 2.33. The Balaban J connectivity index is 1.87. The third kappa shape index (κ3) is 4.41. The summed E-state index contributed by atoms with van der Waals surface area (Å²) in [5.41, 5.74) is 0.558. The molecular weight excluding hydrogens is 392 g/mol. The van der Waals surface area contributed by atoms with Crippen molar-refractivity contribution in [2.75, 3.05) is 0 Å². The predicted octanol–water partition coefficient (Wildman–Crippen LogP) is 6.95. The van der Waals surface area contributed by atoms with E-state index in [4.69, 9.17) is 4.74 Å². The first kappa shape index (κ1) is 19.2. The average Bonchev–Trinajstić information content (AvgIpc) is 3.05. The summed E-state index contributed by atoms with van der Waals surface area (Å²) in [5.74, 6) is 0.0754. The van der Waals surface area contributed by atoms with Gasteiger partial charge in [-0.1, -0.05) is 18.2 Å². The molecule has 0 saturated heterocycles. The van der Waals surface area contributed by atoms with E-state index >= 15 is 0 Å². The lowest BCUT2D eigenvalue weighted by Gasteiger charge is -2.10. The maximum atomic E-state index is 12.7. The molecule has 0 bridgehead atoms. The van der Waals surface area contributed by atoms with Crippen molar-refractivity contribution in [2.24, 2.45) is 0 Å². The van der Waals surface area contributed by atoms with Crippen LogP contribution >= 0.6 is 11.3 Å². The van der Waals surface area contributed by atoms with Crippen LogP contribution in [0.15, 0.2) is 47.8 Å². The molecule has 0 aliphatic carbocycles. The van der Waals surface area contributed by atoms with Gasteiger partial charge in [-0.15, -0.1) is 11.3 Å². The fourth-order valence-electron chi connectivity index (χ4n) is 2.24. The summed E-state index contributed by atoms with van der Waals surface area (Å²) >= 11 is 0.502. The first-order chi connectivity index (χ1) is 12.5. The molecule has 0 unspecified atom stereocenters. The maximum absolute atomic E-state index is 12.7. The van der Waals surface area contributed by atoms with E-state index in [1.54, 1.807) is 19.1 Å². The van der Waals surface area contributed by atoms with Gasteiger partial charge in [-0.2, -0.15) is 26.3 Å². The second kappa shape index (κ2) is 6.88. The van der Waals surface area contributed by atoms with Gasteiger partial charge in [-0.3, -0.25) is 0 Å². The third-order valence-electron chi connectivity index (χ3n) is 3.63. The van der Waals surface area contributed by atoms with Crippen LogP contribution in [-0.2, 0) is 12.4 Å². The number of rotatable bonds is 3. The van der Waals surface area contributed by atoms with Gasteiger partial charge >= 0.3 is 12.4 Å². The molecular formula is C18H11F6NOS. The number of pyridine rings is 1. The third-order valence-corrected chi connectivity index (χ3v) is 4.58. The first-order valence-electron chi connectivity index (χ1n) is 7.53. The van der Waals surface area contributed by atoms with Crippen molar-refractivity contribution < 1.29 is 31.1 Å². The average molecular weight is 403 g/mol. The Labute approximate surface area is 154 Å². The second-order valence-corrected chi connectivity index (χ2v) is 6.55. The minimum Gasteiger partial charge on any atom is -0.438 e. The molecule has 0 radical (unpaired) electrons. The van der Waals surface area contributed by atoms with E-state index in [2.05, 4.69) is 4.98 Å². The van der Waals surface area contributed by atoms with E-state index in [1.165, 1.54) is 17.5 Å². The van der Waals surface area contributed by atoms with Crippen LogP contribution in [0, 0.1) is 6.92 Å². The number of aromatic nitrogens is 1. The van der Waals surface area contributed by atoms with Crippen LogP contribution in [0.2, 0.25) is 0 Å². The molecule has 9 heteroatoms. The number of hydrogen-bond donors (Lipinski definition) is 0. The summed E-state index contributed by atoms with van der Waals surface area (Å²) in [6.07, 6.45) is -8.90. The number of halogens is 6. The number of nitrogens with zero attached hydrogens (tertiary/aromatic N) is 1. The van der Waals surface area contributed by atoms with E-state index in [-0.39, 0.29) is 11.6 Å². The highest BCUT2D eigenvalue weighted by molar-refractivity contribution is 7.10. The lowest BCUT2D eigenvalue weighted by Crippen LogP contribution is -2.04. The number of alkyl halides is 6. The highest BCUT2D eigenvalue weighted by Crippen LogP contribution is 2.38. The molecule has 3 aromatic rings. The Kier molecular flexibility index (Phi) is 4.90. The number of ether oxygens (including phenoxy) is 1. The Morgan fingerprint density at radius 2 is 1.56 bits per heavy atom. The van der Waals surface area contributed by atoms with Crippen LogP contribution in [0.4, 0.5) is 26.3 Å². The lowest BCUT2D eigenvalue weighted by molar-refractivity contribution is -0.137. The number of hydrogen-bond acceptors (Lipinski definition) is 3. The molecule has 1 aromatic carbocycles. The van der Waals surface area contributed by atoms with Crippen molar-refractivity contribution in [1.82, 2.24) is 4.98 Å². The SMILES string of the molecule is Cc1ccc(-c2ccc(C(F)(F)F)cc2)nc1Oc1csc(C(F)(F)F)c1. The number of thiophene rings is 1. The Morgan fingerprint density at radius 3 is 2.11 bits per heavy atom. The van der Waals surface area contributed by atoms with Gasteiger partial charge in [0.2, 0.25) is 5.88 Å². The van der Waals surface area contributed by atoms with Crippen molar-refractivity contribution >= 4 is 11.3 Å². The predicted molar refractivity (Wildman–Crippen MR) is 88.8 cm³/mol. The molecule has 0 aliphatic heterocycles. The van der Waals surface area contributed by atoms with E-state index in [1.807, 2.05) is 0 Å². The van der Waals surface area contributed by atoms with Crippen LogP contribution < -0.4 is 4.74 Å². The summed E-state index contributed by atoms with van der Waals surface area (Å²) in [6, 6.07) is 8.52. The Bertz CT molecular complexity index is 944. The summed E-state index contributed by atoms with van der Waals surface area (Å²) in [5, 5.41) is 1.22. The molecule has 0 saturated carbocycles. The monoisotopic (exact) mass is 403 g/mol. The van der Waals surface area contributed by atoms with Gasteiger partial charge in [-0.05, 0) is 25.1 Å². The van der Waals surface area contributed by atoms with Gasteiger partial charge < -0.3 is 4.74 Å². The van der Waals surface area contributed by atoms with Crippen LogP contribution in [0.25, 0.3) is 11.3 Å². The van der Waals surface area contributed by atoms with Gasteiger partial charge in [0.15, 0.2) is 0 Å². The highest BCUT2D eigenvalue weighted by atomic mass is 32.1. The fourth-order valence-corrected chi connectivity index (χ4v) is 2.91. The van der Waals surface area contributed by atoms with Crippen molar-refractivity contribution in [3.63, 3.8) is 0 Å². The fraction of sp³-hybridized carbons (Fsp3) is 0.167. The molecule has 0 N–H and O–H groups in total. The van der Waals surface area contributed by atoms with Gasteiger partial charge in [0, 0.05) is 22.6 Å². The summed E-state index contributed by atoms with van der Waals surface area (Å²) < 4.78 is 81.4. The van der Waals surface area contributed by atoms with Crippen LogP contribution in [-0.4, -0.2) is 4.98 Å². The van der Waals surface area contributed by atoms with Crippen LogP contribution in [0.5, 0.6) is 11.6 Å². The smallest absolute Gasteiger partial charge is 0.425 e. The molecule has 2 heterocycles. The molecule has 27 heavy (non-hydrogen) atoms. The van der Waals surface area contributed by atoms with Crippen molar-refractivity contribution in [3.8, 4) is 22.9 Å². The summed E-state index contributed by atoms with van der Waals surface area (Å²) in [4.78, 5) is 3.42. The van der Waals surface area contributed by atoms with E-state index in [0.29, 0.717) is 28.2 Å². The van der Waals surface area contributed by atoms with Gasteiger partial charge in [0.25, 0.3) is 0 Å². The molecule has 142 valence electrons. The Hall–Kier alpha value is -2.55. The van der Waals surface area contributed by atoms with Crippen molar-refractivity contribution in [1.29, 1.82) is 0 Å². The molecule has 0 amide bonds. The topological polar surface area (TPSA) is 22.1 Å². The van der Waals surface area contributed by atoms with Crippen LogP contribution in [0.1, 0.15) is 16.0 Å². The zero-order chi connectivity index (χ0) is 19.8. The second-order valence-electron chi connectivity index (χ2n) is 5.64. The first-order valence-corrected chi connectivity index (χ1v) is 8.41. The van der Waals surface area contributed by atoms with E-state index in [0.717, 1.165) is 18.2 Å². The number of aryl methyl sites for hydroxylation is 1. The zero-order valence-corrected chi connectivity index (χ0v) is 14.5. The van der Waals surface area contributed by atoms with Crippen molar-refractivity contribution in [2.45, 2.75) is 19.3 Å².